The van der Waals surface area contributed by atoms with Gasteiger partial charge in [0.05, 0.1) is 18.7 Å². The lowest BCUT2D eigenvalue weighted by molar-refractivity contribution is -0.132. The number of nitrogens with zero attached hydrogens (tertiary/aromatic N) is 3. The summed E-state index contributed by atoms with van der Waals surface area (Å²) >= 11 is 6.11. The molecule has 1 aliphatic rings. The third-order valence-corrected chi connectivity index (χ3v) is 9.46. The standard InChI is InChI=1S/C31H21BrFN3O4S2/c1-40-24-13-12-19(15-23(24)33)27(37)25-26(18-8-5-10-21(32)14-18)36(29(39)28(25)38)30-34-35-31(42-30)41-16-20-9-4-7-17-6-2-3-11-22(17)20/h2-15,26,37H,16H2,1H3/b27-25-. The van der Waals surface area contributed by atoms with Crippen molar-refractivity contribution in [2.75, 3.05) is 12.0 Å². The number of aliphatic hydroxyl groups excluding tert-OH is 1. The van der Waals surface area contributed by atoms with Crippen LogP contribution in [-0.4, -0.2) is 34.1 Å². The van der Waals surface area contributed by atoms with Crippen LogP contribution >= 0.6 is 39.0 Å². The molecular weight excluding hydrogens is 641 g/mol. The predicted octanol–water partition coefficient (Wildman–Crippen LogP) is 7.52. The first-order chi connectivity index (χ1) is 20.4. The van der Waals surface area contributed by atoms with Crippen molar-refractivity contribution in [1.82, 2.24) is 10.2 Å². The van der Waals surface area contributed by atoms with E-state index in [1.807, 2.05) is 24.3 Å². The molecular formula is C31H21BrFN3O4S2. The van der Waals surface area contributed by atoms with Crippen LogP contribution in [0.3, 0.4) is 0 Å². The lowest BCUT2D eigenvalue weighted by atomic mass is 9.95. The fourth-order valence-corrected chi connectivity index (χ4v) is 7.20. The maximum atomic E-state index is 14.5. The Morgan fingerprint density at radius 1 is 1.05 bits per heavy atom. The van der Waals surface area contributed by atoms with Crippen LogP contribution in [0.5, 0.6) is 5.75 Å². The lowest BCUT2D eigenvalue weighted by Gasteiger charge is -2.22. The normalized spacial score (nSPS) is 16.4. The van der Waals surface area contributed by atoms with E-state index >= 15 is 0 Å². The molecule has 1 aromatic heterocycles. The molecule has 5 aromatic rings. The first-order valence-electron chi connectivity index (χ1n) is 12.7. The predicted molar refractivity (Wildman–Crippen MR) is 165 cm³/mol. The molecule has 4 aromatic carbocycles. The van der Waals surface area contributed by atoms with Gasteiger partial charge >= 0.3 is 5.91 Å². The number of thioether (sulfide) groups is 1. The highest BCUT2D eigenvalue weighted by Crippen LogP contribution is 2.44. The van der Waals surface area contributed by atoms with Crippen LogP contribution in [0, 0.1) is 5.82 Å². The number of ether oxygens (including phenoxy) is 1. The SMILES string of the molecule is COc1ccc(/C(O)=C2/C(=O)C(=O)N(c3nnc(SCc4cccc5ccccc45)s3)C2c2cccc(Br)c2)cc1F. The number of anilines is 1. The zero-order valence-electron chi connectivity index (χ0n) is 22.0. The average molecular weight is 663 g/mol. The van der Waals surface area contributed by atoms with E-state index in [4.69, 9.17) is 4.74 Å². The molecule has 1 fully saturated rings. The molecule has 2 heterocycles. The zero-order chi connectivity index (χ0) is 29.4. The monoisotopic (exact) mass is 661 g/mol. The van der Waals surface area contributed by atoms with E-state index in [-0.39, 0.29) is 22.0 Å². The Morgan fingerprint density at radius 2 is 1.83 bits per heavy atom. The smallest absolute Gasteiger partial charge is 0.301 e. The Kier molecular flexibility index (Phi) is 7.80. The van der Waals surface area contributed by atoms with Gasteiger partial charge in [0.1, 0.15) is 5.76 Å². The number of amides is 1. The second kappa shape index (κ2) is 11.7. The zero-order valence-corrected chi connectivity index (χ0v) is 25.2. The van der Waals surface area contributed by atoms with E-state index in [1.54, 1.807) is 18.2 Å². The van der Waals surface area contributed by atoms with Gasteiger partial charge in [-0.1, -0.05) is 93.6 Å². The molecule has 11 heteroatoms. The second-order valence-electron chi connectivity index (χ2n) is 9.35. The number of benzene rings is 4. The summed E-state index contributed by atoms with van der Waals surface area (Å²) in [6, 6.07) is 24.1. The Morgan fingerprint density at radius 3 is 2.62 bits per heavy atom. The first-order valence-corrected chi connectivity index (χ1v) is 15.3. The molecule has 1 aliphatic heterocycles. The van der Waals surface area contributed by atoms with Crippen LogP contribution < -0.4 is 9.64 Å². The fourth-order valence-electron chi connectivity index (χ4n) is 4.91. The summed E-state index contributed by atoms with van der Waals surface area (Å²) in [6.07, 6.45) is 0. The highest BCUT2D eigenvalue weighted by Gasteiger charge is 2.48. The van der Waals surface area contributed by atoms with Crippen LogP contribution in [0.15, 0.2) is 99.3 Å². The molecule has 1 amide bonds. The third kappa shape index (κ3) is 5.19. The number of methoxy groups -OCH3 is 1. The minimum atomic E-state index is -1.02. The summed E-state index contributed by atoms with van der Waals surface area (Å²) in [5, 5.41) is 22.3. The number of carbonyl (C=O) groups excluding carboxylic acids is 2. The van der Waals surface area contributed by atoms with E-state index in [1.165, 1.54) is 47.2 Å². The molecule has 1 saturated heterocycles. The number of aliphatic hydroxyl groups is 1. The van der Waals surface area contributed by atoms with Crippen molar-refractivity contribution >= 4 is 72.4 Å². The number of rotatable bonds is 7. The van der Waals surface area contributed by atoms with Gasteiger partial charge in [-0.2, -0.15) is 0 Å². The van der Waals surface area contributed by atoms with Crippen LogP contribution in [0.1, 0.15) is 22.7 Å². The van der Waals surface area contributed by atoms with Crippen molar-refractivity contribution < 1.29 is 23.8 Å². The summed E-state index contributed by atoms with van der Waals surface area (Å²) in [6.45, 7) is 0. The molecule has 0 radical (unpaired) electrons. The Hall–Kier alpha value is -4.06. The van der Waals surface area contributed by atoms with E-state index in [0.717, 1.165) is 22.4 Å². The molecule has 1 N–H and O–H groups in total. The number of Topliss-reactive ketones (excluding diaryl/α,β-unsaturated/α-hetero) is 1. The molecule has 1 atom stereocenters. The van der Waals surface area contributed by atoms with Crippen molar-refractivity contribution in [1.29, 1.82) is 0 Å². The highest BCUT2D eigenvalue weighted by atomic mass is 79.9. The van der Waals surface area contributed by atoms with Gasteiger partial charge in [0.25, 0.3) is 5.78 Å². The maximum absolute atomic E-state index is 14.5. The second-order valence-corrected chi connectivity index (χ2v) is 12.4. The maximum Gasteiger partial charge on any atom is 0.301 e. The van der Waals surface area contributed by atoms with Gasteiger partial charge in [0, 0.05) is 15.8 Å². The molecule has 0 saturated carbocycles. The van der Waals surface area contributed by atoms with Crippen molar-refractivity contribution in [3.63, 3.8) is 0 Å². The fraction of sp³-hybridized carbons (Fsp3) is 0.0968. The summed E-state index contributed by atoms with van der Waals surface area (Å²) in [4.78, 5) is 28.2. The van der Waals surface area contributed by atoms with Crippen molar-refractivity contribution in [3.05, 3.63) is 117 Å². The number of halogens is 2. The minimum Gasteiger partial charge on any atom is -0.507 e. The molecule has 7 nitrogen and oxygen atoms in total. The molecule has 0 spiro atoms. The molecule has 42 heavy (non-hydrogen) atoms. The van der Waals surface area contributed by atoms with Gasteiger partial charge in [0.15, 0.2) is 15.9 Å². The van der Waals surface area contributed by atoms with Crippen molar-refractivity contribution in [2.45, 2.75) is 16.1 Å². The van der Waals surface area contributed by atoms with Gasteiger partial charge in [0.2, 0.25) is 5.13 Å². The van der Waals surface area contributed by atoms with Gasteiger partial charge in [-0.05, 0) is 52.2 Å². The van der Waals surface area contributed by atoms with Crippen molar-refractivity contribution in [3.8, 4) is 5.75 Å². The number of carbonyl (C=O) groups is 2. The van der Waals surface area contributed by atoms with Crippen LogP contribution in [0.4, 0.5) is 9.52 Å². The first kappa shape index (κ1) is 28.1. The van der Waals surface area contributed by atoms with Gasteiger partial charge in [-0.15, -0.1) is 10.2 Å². The Balaban J connectivity index is 1.38. The van der Waals surface area contributed by atoms with E-state index in [2.05, 4.69) is 50.4 Å². The van der Waals surface area contributed by atoms with Crippen LogP contribution in [0.25, 0.3) is 16.5 Å². The highest BCUT2D eigenvalue weighted by molar-refractivity contribution is 9.10. The number of fused-ring (bicyclic) bond motifs is 1. The Labute approximate surface area is 256 Å². The summed E-state index contributed by atoms with van der Waals surface area (Å²) in [7, 11) is 1.33. The molecule has 0 bridgehead atoms. The van der Waals surface area contributed by atoms with Gasteiger partial charge < -0.3 is 9.84 Å². The summed E-state index contributed by atoms with van der Waals surface area (Å²) in [5.41, 5.74) is 1.55. The molecule has 1 unspecified atom stereocenters. The van der Waals surface area contributed by atoms with E-state index in [9.17, 15) is 19.1 Å². The lowest BCUT2D eigenvalue weighted by Crippen LogP contribution is -2.29. The van der Waals surface area contributed by atoms with E-state index in [0.29, 0.717) is 20.1 Å². The Bertz CT molecular complexity index is 1890. The number of hydrogen-bond donors (Lipinski definition) is 1. The van der Waals surface area contributed by atoms with Gasteiger partial charge in [-0.25, -0.2) is 4.39 Å². The van der Waals surface area contributed by atoms with Gasteiger partial charge in [-0.3, -0.25) is 14.5 Å². The number of aromatic nitrogens is 2. The topological polar surface area (TPSA) is 92.6 Å². The quantitative estimate of drug-likeness (QED) is 0.0634. The number of ketones is 1. The van der Waals surface area contributed by atoms with Crippen LogP contribution in [-0.2, 0) is 15.3 Å². The minimum absolute atomic E-state index is 0.0158. The van der Waals surface area contributed by atoms with Crippen molar-refractivity contribution in [2.24, 2.45) is 0 Å². The number of hydrogen-bond acceptors (Lipinski definition) is 8. The van der Waals surface area contributed by atoms with E-state index < -0.39 is 29.3 Å². The summed E-state index contributed by atoms with van der Waals surface area (Å²) in [5.74, 6) is -2.37. The molecule has 0 aliphatic carbocycles. The average Bonchev–Trinajstić information content (AvgIpc) is 3.57. The largest absolute Gasteiger partial charge is 0.507 e. The molecule has 210 valence electrons. The van der Waals surface area contributed by atoms with Crippen LogP contribution in [0.2, 0.25) is 0 Å². The third-order valence-electron chi connectivity index (χ3n) is 6.87. The molecule has 6 rings (SSSR count). The summed E-state index contributed by atoms with van der Waals surface area (Å²) < 4.78 is 20.8.